The van der Waals surface area contributed by atoms with Crippen molar-refractivity contribution in [2.45, 2.75) is 24.7 Å². The second-order valence-corrected chi connectivity index (χ2v) is 6.85. The fraction of sp³-hybridized carbons (Fsp3) is 0.333. The summed E-state index contributed by atoms with van der Waals surface area (Å²) in [7, 11) is 2.75. The Morgan fingerprint density at radius 1 is 0.920 bits per heavy atom. The fourth-order valence-corrected chi connectivity index (χ4v) is 4.80. The van der Waals surface area contributed by atoms with E-state index in [1.807, 2.05) is 24.3 Å². The van der Waals surface area contributed by atoms with E-state index in [0.717, 1.165) is 11.1 Å². The molecule has 0 aromatic heterocycles. The van der Waals surface area contributed by atoms with Gasteiger partial charge in [-0.25, -0.2) is 0 Å². The zero-order valence-electron chi connectivity index (χ0n) is 14.3. The number of hydrogen-bond donors (Lipinski definition) is 0. The summed E-state index contributed by atoms with van der Waals surface area (Å²) in [4.78, 5) is 25.1. The third-order valence-corrected chi connectivity index (χ3v) is 5.77. The molecule has 5 rings (SSSR count). The molecule has 0 unspecified atom stereocenters. The lowest BCUT2D eigenvalue weighted by atomic mass is 9.51. The van der Waals surface area contributed by atoms with Gasteiger partial charge in [-0.2, -0.15) is 0 Å². The highest BCUT2D eigenvalue weighted by molar-refractivity contribution is 5.87. The van der Waals surface area contributed by atoms with E-state index in [-0.39, 0.29) is 30.2 Å². The molecule has 0 spiro atoms. The van der Waals surface area contributed by atoms with Crippen molar-refractivity contribution in [2.24, 2.45) is 5.41 Å². The fourth-order valence-electron chi connectivity index (χ4n) is 4.80. The number of rotatable bonds is 3. The molecule has 0 fully saturated rings. The maximum absolute atomic E-state index is 12.9. The predicted molar refractivity (Wildman–Crippen MR) is 92.3 cm³/mol. The molecule has 0 aliphatic heterocycles. The Hall–Kier alpha value is -2.62. The lowest BCUT2D eigenvalue weighted by Gasteiger charge is -2.51. The van der Waals surface area contributed by atoms with Crippen LogP contribution < -0.4 is 0 Å². The summed E-state index contributed by atoms with van der Waals surface area (Å²) in [6, 6.07) is 16.4. The molecule has 128 valence electrons. The Balaban J connectivity index is 1.97. The molecule has 0 N–H and O–H groups in total. The minimum absolute atomic E-state index is 0.0278. The monoisotopic (exact) mass is 336 g/mol. The first-order valence-electron chi connectivity index (χ1n) is 8.45. The number of benzene rings is 2. The minimum Gasteiger partial charge on any atom is -0.469 e. The van der Waals surface area contributed by atoms with Crippen molar-refractivity contribution in [1.82, 2.24) is 0 Å². The molecule has 1 atom stereocenters. The third-order valence-electron chi connectivity index (χ3n) is 5.77. The smallest absolute Gasteiger partial charge is 0.313 e. The normalized spacial score (nSPS) is 25.7. The minimum atomic E-state index is -0.921. The zero-order chi connectivity index (χ0) is 17.6. The molecule has 4 nitrogen and oxygen atoms in total. The van der Waals surface area contributed by atoms with Gasteiger partial charge in [-0.05, 0) is 28.7 Å². The largest absolute Gasteiger partial charge is 0.469 e. The van der Waals surface area contributed by atoms with Crippen molar-refractivity contribution in [3.63, 3.8) is 0 Å². The molecule has 2 aromatic rings. The summed E-state index contributed by atoms with van der Waals surface area (Å²) in [5.41, 5.74) is 3.81. The molecule has 2 bridgehead atoms. The number of esters is 2. The molecule has 2 aromatic carbocycles. The van der Waals surface area contributed by atoms with Crippen molar-refractivity contribution in [1.29, 1.82) is 0 Å². The van der Waals surface area contributed by atoms with E-state index in [1.165, 1.54) is 25.3 Å². The van der Waals surface area contributed by atoms with Crippen molar-refractivity contribution in [2.75, 3.05) is 14.2 Å². The first-order chi connectivity index (χ1) is 12.1. The summed E-state index contributed by atoms with van der Waals surface area (Å²) in [5, 5.41) is 0. The first kappa shape index (κ1) is 15.9. The molecule has 3 aliphatic carbocycles. The molecular weight excluding hydrogens is 316 g/mol. The van der Waals surface area contributed by atoms with Gasteiger partial charge in [0.15, 0.2) is 0 Å². The highest BCUT2D eigenvalue weighted by atomic mass is 16.5. The van der Waals surface area contributed by atoms with Crippen molar-refractivity contribution in [3.8, 4) is 0 Å². The number of fused-ring (bicyclic) bond motifs is 1. The van der Waals surface area contributed by atoms with Gasteiger partial charge in [0.25, 0.3) is 0 Å². The Morgan fingerprint density at radius 2 is 1.44 bits per heavy atom. The number of ether oxygens (including phenoxy) is 2. The van der Waals surface area contributed by atoms with E-state index >= 15 is 0 Å². The predicted octanol–water partition coefficient (Wildman–Crippen LogP) is 3.39. The highest BCUT2D eigenvalue weighted by Crippen LogP contribution is 2.62. The molecule has 4 heteroatoms. The summed E-state index contributed by atoms with van der Waals surface area (Å²) < 4.78 is 10.1. The zero-order valence-corrected chi connectivity index (χ0v) is 14.3. The molecular formula is C21H20O4. The van der Waals surface area contributed by atoms with Crippen LogP contribution in [0.15, 0.2) is 48.5 Å². The summed E-state index contributed by atoms with van der Waals surface area (Å²) >= 11 is 0. The van der Waals surface area contributed by atoms with Crippen LogP contribution in [-0.2, 0) is 19.1 Å². The quantitative estimate of drug-likeness (QED) is 0.806. The van der Waals surface area contributed by atoms with E-state index in [2.05, 4.69) is 24.3 Å². The number of carbonyl (C=O) groups is 2. The number of carbonyl (C=O) groups excluding carboxylic acids is 2. The van der Waals surface area contributed by atoms with E-state index in [4.69, 9.17) is 9.47 Å². The topological polar surface area (TPSA) is 52.6 Å². The lowest BCUT2D eigenvalue weighted by Crippen LogP contribution is -2.48. The first-order valence-corrected chi connectivity index (χ1v) is 8.45. The van der Waals surface area contributed by atoms with Gasteiger partial charge in [-0.3, -0.25) is 9.59 Å². The Morgan fingerprint density at radius 3 is 1.92 bits per heavy atom. The average molecular weight is 336 g/mol. The van der Waals surface area contributed by atoms with Crippen molar-refractivity contribution >= 4 is 11.9 Å². The van der Waals surface area contributed by atoms with Gasteiger partial charge in [-0.1, -0.05) is 48.5 Å². The van der Waals surface area contributed by atoms with E-state index in [9.17, 15) is 9.59 Å². The molecule has 0 amide bonds. The second-order valence-electron chi connectivity index (χ2n) is 6.85. The van der Waals surface area contributed by atoms with Crippen LogP contribution in [0.4, 0.5) is 0 Å². The van der Waals surface area contributed by atoms with Crippen LogP contribution in [0.1, 0.15) is 46.9 Å². The second kappa shape index (κ2) is 5.73. The van der Waals surface area contributed by atoms with Crippen LogP contribution in [0.3, 0.4) is 0 Å². The maximum atomic E-state index is 12.9. The van der Waals surface area contributed by atoms with E-state index < -0.39 is 5.41 Å². The third kappa shape index (κ3) is 2.13. The van der Waals surface area contributed by atoms with Gasteiger partial charge in [-0.15, -0.1) is 0 Å². The van der Waals surface area contributed by atoms with E-state index in [0.29, 0.717) is 6.42 Å². The number of methoxy groups -OCH3 is 2. The van der Waals surface area contributed by atoms with Crippen LogP contribution in [0, 0.1) is 5.41 Å². The van der Waals surface area contributed by atoms with Crippen LogP contribution in [0.5, 0.6) is 0 Å². The summed E-state index contributed by atoms with van der Waals surface area (Å²) in [5.74, 6) is -0.831. The molecule has 25 heavy (non-hydrogen) atoms. The SMILES string of the molecule is COC(=O)C[C@]1(C(=O)OC)CC2c3ccccc3C1c1ccccc12. The molecule has 0 saturated heterocycles. The molecule has 0 heterocycles. The van der Waals surface area contributed by atoms with Gasteiger partial charge < -0.3 is 9.47 Å². The van der Waals surface area contributed by atoms with Gasteiger partial charge in [0.2, 0.25) is 0 Å². The van der Waals surface area contributed by atoms with Gasteiger partial charge >= 0.3 is 11.9 Å². The summed E-state index contributed by atoms with van der Waals surface area (Å²) in [6.45, 7) is 0. The standard InChI is InChI=1S/C21H20O4/c1-24-18(22)12-21(20(23)25-2)11-17-13-7-3-5-9-15(13)19(21)16-10-6-4-8-14(16)17/h3-10,17,19H,11-12H2,1-2H3/t17?,19?,21-/m1/s1. The van der Waals surface area contributed by atoms with Gasteiger partial charge in [0.1, 0.15) is 0 Å². The Labute approximate surface area is 146 Å². The highest BCUT2D eigenvalue weighted by Gasteiger charge is 2.58. The van der Waals surface area contributed by atoms with E-state index in [1.54, 1.807) is 0 Å². The molecule has 0 radical (unpaired) electrons. The average Bonchev–Trinajstić information content (AvgIpc) is 2.67. The summed E-state index contributed by atoms with van der Waals surface area (Å²) in [6.07, 6.45) is 0.591. The van der Waals surface area contributed by atoms with Crippen molar-refractivity contribution in [3.05, 3.63) is 70.8 Å². The van der Waals surface area contributed by atoms with Crippen molar-refractivity contribution < 1.29 is 19.1 Å². The van der Waals surface area contributed by atoms with Crippen LogP contribution in [0.25, 0.3) is 0 Å². The molecule has 3 aliphatic rings. The Kier molecular flexibility index (Phi) is 3.64. The van der Waals surface area contributed by atoms with Crippen LogP contribution >= 0.6 is 0 Å². The lowest BCUT2D eigenvalue weighted by molar-refractivity contribution is -0.162. The van der Waals surface area contributed by atoms with Crippen LogP contribution in [0.2, 0.25) is 0 Å². The Bertz CT molecular complexity index is 809. The van der Waals surface area contributed by atoms with Gasteiger partial charge in [0, 0.05) is 11.8 Å². The maximum Gasteiger partial charge on any atom is 0.313 e. The number of hydrogen-bond acceptors (Lipinski definition) is 4. The van der Waals surface area contributed by atoms with Gasteiger partial charge in [0.05, 0.1) is 26.1 Å². The van der Waals surface area contributed by atoms with Crippen LogP contribution in [-0.4, -0.2) is 26.2 Å². The molecule has 0 saturated carbocycles.